The highest BCUT2D eigenvalue weighted by Gasteiger charge is 2.35. The van der Waals surface area contributed by atoms with Crippen LogP contribution in [0.15, 0.2) is 30.3 Å². The lowest BCUT2D eigenvalue weighted by Crippen LogP contribution is -2.38. The average molecular weight is 314 g/mol. The zero-order valence-electron chi connectivity index (χ0n) is 13.0. The first-order valence-electron chi connectivity index (χ1n) is 7.14. The molecule has 0 heterocycles. The minimum Gasteiger partial charge on any atom is -0.396 e. The smallest absolute Gasteiger partial charge is 0.155 e. The van der Waals surface area contributed by atoms with Crippen LogP contribution in [0.4, 0.5) is 0 Å². The van der Waals surface area contributed by atoms with E-state index >= 15 is 0 Å². The van der Waals surface area contributed by atoms with E-state index in [1.165, 1.54) is 0 Å². The topological polar surface area (TPSA) is 74.6 Å². The highest BCUT2D eigenvalue weighted by molar-refractivity contribution is 7.92. The van der Waals surface area contributed by atoms with Crippen molar-refractivity contribution in [2.24, 2.45) is 5.41 Å². The van der Waals surface area contributed by atoms with E-state index in [9.17, 15) is 18.6 Å². The first-order chi connectivity index (χ1) is 9.66. The van der Waals surface area contributed by atoms with Crippen LogP contribution >= 0.6 is 0 Å². The molecule has 0 bridgehead atoms. The van der Waals surface area contributed by atoms with Crippen LogP contribution < -0.4 is 0 Å². The Kier molecular flexibility index (Phi) is 5.96. The standard InChI is InChI=1S/C16H26O4S/c1-15(2,3)21(19,20)10-9-16(12-17,13-18)11-14-7-5-4-6-8-14/h4-8,17-18H,9-13H2,1-3H3. The normalized spacial score (nSPS) is 13.4. The maximum absolute atomic E-state index is 12.2. The lowest BCUT2D eigenvalue weighted by atomic mass is 9.81. The van der Waals surface area contributed by atoms with Crippen LogP contribution in [-0.2, 0) is 16.3 Å². The van der Waals surface area contributed by atoms with Crippen molar-refractivity contribution in [3.8, 4) is 0 Å². The average Bonchev–Trinajstić information content (AvgIpc) is 2.43. The third-order valence-electron chi connectivity index (χ3n) is 3.93. The molecule has 0 spiro atoms. The van der Waals surface area contributed by atoms with Gasteiger partial charge in [0.05, 0.1) is 23.7 Å². The molecule has 120 valence electrons. The molecule has 1 aromatic rings. The molecular formula is C16H26O4S. The van der Waals surface area contributed by atoms with E-state index in [1.807, 2.05) is 30.3 Å². The molecule has 0 aromatic heterocycles. The van der Waals surface area contributed by atoms with Gasteiger partial charge in [-0.15, -0.1) is 0 Å². The predicted molar refractivity (Wildman–Crippen MR) is 84.9 cm³/mol. The number of aliphatic hydroxyl groups is 2. The molecular weight excluding hydrogens is 288 g/mol. The third kappa shape index (κ3) is 4.80. The first-order valence-corrected chi connectivity index (χ1v) is 8.79. The molecule has 1 aromatic carbocycles. The van der Waals surface area contributed by atoms with Gasteiger partial charge in [-0.3, -0.25) is 0 Å². The fraction of sp³-hybridized carbons (Fsp3) is 0.625. The molecule has 0 unspecified atom stereocenters. The lowest BCUT2D eigenvalue weighted by molar-refractivity contribution is 0.0519. The second-order valence-electron chi connectivity index (χ2n) is 6.66. The van der Waals surface area contributed by atoms with Gasteiger partial charge in [0.25, 0.3) is 0 Å². The number of benzene rings is 1. The number of rotatable bonds is 7. The molecule has 0 radical (unpaired) electrons. The van der Waals surface area contributed by atoms with Gasteiger partial charge in [0, 0.05) is 5.41 Å². The van der Waals surface area contributed by atoms with Crippen LogP contribution in [0.25, 0.3) is 0 Å². The Balaban J connectivity index is 2.87. The molecule has 0 amide bonds. The van der Waals surface area contributed by atoms with E-state index in [0.29, 0.717) is 6.42 Å². The summed E-state index contributed by atoms with van der Waals surface area (Å²) >= 11 is 0. The Morgan fingerprint density at radius 3 is 1.95 bits per heavy atom. The summed E-state index contributed by atoms with van der Waals surface area (Å²) in [7, 11) is -3.27. The highest BCUT2D eigenvalue weighted by Crippen LogP contribution is 2.29. The van der Waals surface area contributed by atoms with Gasteiger partial charge < -0.3 is 10.2 Å². The highest BCUT2D eigenvalue weighted by atomic mass is 32.2. The molecule has 0 fully saturated rings. The summed E-state index contributed by atoms with van der Waals surface area (Å²) in [6, 6.07) is 9.51. The maximum atomic E-state index is 12.2. The van der Waals surface area contributed by atoms with Crippen LogP contribution in [0.3, 0.4) is 0 Å². The second kappa shape index (κ2) is 6.90. The SMILES string of the molecule is CC(C)(C)S(=O)(=O)CCC(CO)(CO)Cc1ccccc1. The molecule has 0 aliphatic carbocycles. The molecule has 5 heteroatoms. The van der Waals surface area contributed by atoms with Crippen molar-refractivity contribution < 1.29 is 18.6 Å². The van der Waals surface area contributed by atoms with Gasteiger partial charge in [0.15, 0.2) is 9.84 Å². The second-order valence-corrected chi connectivity index (χ2v) is 9.52. The van der Waals surface area contributed by atoms with Gasteiger partial charge in [-0.2, -0.15) is 0 Å². The van der Waals surface area contributed by atoms with Crippen molar-refractivity contribution in [1.29, 1.82) is 0 Å². The molecule has 0 saturated heterocycles. The van der Waals surface area contributed by atoms with Crippen molar-refractivity contribution in [2.45, 2.75) is 38.4 Å². The molecule has 0 aliphatic heterocycles. The quantitative estimate of drug-likeness (QED) is 0.805. The minimum atomic E-state index is -3.27. The van der Waals surface area contributed by atoms with Gasteiger partial charge in [0.1, 0.15) is 0 Å². The van der Waals surface area contributed by atoms with Crippen LogP contribution in [-0.4, -0.2) is 42.3 Å². The van der Waals surface area contributed by atoms with Crippen LogP contribution in [0, 0.1) is 5.41 Å². The van der Waals surface area contributed by atoms with Crippen molar-refractivity contribution >= 4 is 9.84 Å². The molecule has 0 atom stereocenters. The summed E-state index contributed by atoms with van der Waals surface area (Å²) in [6.45, 7) is 4.52. The van der Waals surface area contributed by atoms with Crippen LogP contribution in [0.5, 0.6) is 0 Å². The van der Waals surface area contributed by atoms with Gasteiger partial charge in [-0.05, 0) is 39.2 Å². The summed E-state index contributed by atoms with van der Waals surface area (Å²) in [5.74, 6) is -0.0372. The van der Waals surface area contributed by atoms with Gasteiger partial charge in [-0.25, -0.2) is 8.42 Å². The van der Waals surface area contributed by atoms with E-state index in [0.717, 1.165) is 5.56 Å². The molecule has 4 nitrogen and oxygen atoms in total. The van der Waals surface area contributed by atoms with Gasteiger partial charge >= 0.3 is 0 Å². The largest absolute Gasteiger partial charge is 0.396 e. The van der Waals surface area contributed by atoms with Crippen LogP contribution in [0.2, 0.25) is 0 Å². The van der Waals surface area contributed by atoms with E-state index < -0.39 is 20.0 Å². The number of aliphatic hydroxyl groups excluding tert-OH is 2. The monoisotopic (exact) mass is 314 g/mol. The lowest BCUT2D eigenvalue weighted by Gasteiger charge is -2.31. The Labute approximate surface area is 127 Å². The fourth-order valence-corrected chi connectivity index (χ4v) is 3.41. The van der Waals surface area contributed by atoms with Crippen molar-refractivity contribution in [3.05, 3.63) is 35.9 Å². The van der Waals surface area contributed by atoms with E-state index in [2.05, 4.69) is 0 Å². The van der Waals surface area contributed by atoms with E-state index in [4.69, 9.17) is 0 Å². The summed E-state index contributed by atoms with van der Waals surface area (Å²) in [5.41, 5.74) is 0.174. The summed E-state index contributed by atoms with van der Waals surface area (Å²) in [6.07, 6.45) is 0.703. The molecule has 21 heavy (non-hydrogen) atoms. The molecule has 2 N–H and O–H groups in total. The van der Waals surface area contributed by atoms with Crippen molar-refractivity contribution in [2.75, 3.05) is 19.0 Å². The fourth-order valence-electron chi connectivity index (χ4n) is 2.09. The number of sulfone groups is 1. The number of hydrogen-bond acceptors (Lipinski definition) is 4. The van der Waals surface area contributed by atoms with Crippen molar-refractivity contribution in [1.82, 2.24) is 0 Å². The zero-order valence-corrected chi connectivity index (χ0v) is 13.9. The molecule has 0 saturated carbocycles. The summed E-state index contributed by atoms with van der Waals surface area (Å²) in [5, 5.41) is 19.4. The summed E-state index contributed by atoms with van der Waals surface area (Å²) < 4.78 is 23.6. The Bertz CT molecular complexity index is 525. The Hall–Kier alpha value is -0.910. The predicted octanol–water partition coefficient (Wildman–Crippen LogP) is 1.80. The minimum absolute atomic E-state index is 0.0372. The molecule has 1 rings (SSSR count). The Morgan fingerprint density at radius 1 is 1.00 bits per heavy atom. The molecule has 0 aliphatic rings. The van der Waals surface area contributed by atoms with Crippen molar-refractivity contribution in [3.63, 3.8) is 0 Å². The third-order valence-corrected chi connectivity index (χ3v) is 6.53. The van der Waals surface area contributed by atoms with Gasteiger partial charge in [-0.1, -0.05) is 30.3 Å². The maximum Gasteiger partial charge on any atom is 0.155 e. The van der Waals surface area contributed by atoms with E-state index in [-0.39, 0.29) is 25.4 Å². The summed E-state index contributed by atoms with van der Waals surface area (Å²) in [4.78, 5) is 0. The number of hydrogen-bond donors (Lipinski definition) is 2. The van der Waals surface area contributed by atoms with Gasteiger partial charge in [0.2, 0.25) is 0 Å². The van der Waals surface area contributed by atoms with E-state index in [1.54, 1.807) is 20.8 Å². The van der Waals surface area contributed by atoms with Crippen LogP contribution in [0.1, 0.15) is 32.8 Å². The zero-order chi connectivity index (χ0) is 16.1. The first kappa shape index (κ1) is 18.1. The Morgan fingerprint density at radius 2 is 1.52 bits per heavy atom.